The predicted molar refractivity (Wildman–Crippen MR) is 82.2 cm³/mol. The zero-order valence-electron chi connectivity index (χ0n) is 12.8. The molecule has 0 fully saturated rings. The zero-order valence-corrected chi connectivity index (χ0v) is 12.8. The first-order chi connectivity index (χ1) is 11.6. The van der Waals surface area contributed by atoms with Crippen molar-refractivity contribution < 1.29 is 22.9 Å². The summed E-state index contributed by atoms with van der Waals surface area (Å²) in [5, 5.41) is 13.2. The van der Waals surface area contributed by atoms with Gasteiger partial charge in [0.2, 0.25) is 5.91 Å². The van der Waals surface area contributed by atoms with E-state index in [0.29, 0.717) is 22.9 Å². The number of hydrogen-bond acceptors (Lipinski definition) is 4. The quantitative estimate of drug-likeness (QED) is 0.674. The fourth-order valence-corrected chi connectivity index (χ4v) is 2.12. The van der Waals surface area contributed by atoms with Crippen molar-refractivity contribution in [3.63, 3.8) is 0 Å². The van der Waals surface area contributed by atoms with Crippen LogP contribution in [0.1, 0.15) is 11.1 Å². The average Bonchev–Trinajstić information content (AvgIpc) is 2.50. The molecular weight excluding hydrogens is 343 g/mol. The molecule has 0 atom stereocenters. The molecule has 0 saturated carbocycles. The summed E-state index contributed by atoms with van der Waals surface area (Å²) in [7, 11) is 0. The van der Waals surface area contributed by atoms with Crippen LogP contribution in [-0.2, 0) is 17.5 Å². The third-order valence-corrected chi connectivity index (χ3v) is 3.40. The van der Waals surface area contributed by atoms with E-state index in [1.165, 1.54) is 25.1 Å². The van der Waals surface area contributed by atoms with Crippen LogP contribution >= 0.6 is 0 Å². The van der Waals surface area contributed by atoms with Gasteiger partial charge in [-0.05, 0) is 19.1 Å². The Bertz CT molecular complexity index is 890. The maximum atomic E-state index is 12.7. The largest absolute Gasteiger partial charge is 0.417 e. The molecular formula is C15H12F3N3O4. The first-order valence-corrected chi connectivity index (χ1v) is 6.91. The van der Waals surface area contributed by atoms with Crippen molar-refractivity contribution in [2.75, 3.05) is 5.32 Å². The summed E-state index contributed by atoms with van der Waals surface area (Å²) in [6.07, 6.45) is -4.11. The molecule has 132 valence electrons. The van der Waals surface area contributed by atoms with Gasteiger partial charge >= 0.3 is 6.18 Å². The normalized spacial score (nSPS) is 11.2. The molecule has 1 aromatic carbocycles. The highest BCUT2D eigenvalue weighted by Gasteiger charge is 2.31. The highest BCUT2D eigenvalue weighted by atomic mass is 19.4. The van der Waals surface area contributed by atoms with Crippen LogP contribution in [0.25, 0.3) is 0 Å². The second-order valence-corrected chi connectivity index (χ2v) is 5.14. The molecule has 10 heteroatoms. The lowest BCUT2D eigenvalue weighted by atomic mass is 10.1. The van der Waals surface area contributed by atoms with Crippen LogP contribution in [0.15, 0.2) is 41.3 Å². The number of nitrogens with one attached hydrogen (secondary N) is 1. The monoisotopic (exact) mass is 355 g/mol. The van der Waals surface area contributed by atoms with Gasteiger partial charge in [0.05, 0.1) is 21.7 Å². The van der Waals surface area contributed by atoms with E-state index < -0.39 is 34.7 Å². The van der Waals surface area contributed by atoms with E-state index >= 15 is 0 Å². The first-order valence-electron chi connectivity index (χ1n) is 6.91. The van der Waals surface area contributed by atoms with Gasteiger partial charge in [0, 0.05) is 18.3 Å². The standard InChI is InChI=1S/C15H12F3N3O4/c1-9-11(3-2-4-12(9)21(24)25)19-13(22)8-20-7-10(15(16,17)18)5-6-14(20)23/h2-7H,8H2,1H3,(H,19,22). The summed E-state index contributed by atoms with van der Waals surface area (Å²) in [6.45, 7) is 0.759. The number of aromatic nitrogens is 1. The van der Waals surface area contributed by atoms with E-state index in [4.69, 9.17) is 0 Å². The summed E-state index contributed by atoms with van der Waals surface area (Å²) in [5.41, 5.74) is -1.73. The van der Waals surface area contributed by atoms with Crippen LogP contribution in [0.5, 0.6) is 0 Å². The van der Waals surface area contributed by atoms with Gasteiger partial charge in [-0.2, -0.15) is 13.2 Å². The minimum Gasteiger partial charge on any atom is -0.324 e. The number of nitrogens with zero attached hydrogens (tertiary/aromatic N) is 2. The van der Waals surface area contributed by atoms with Crippen LogP contribution in [-0.4, -0.2) is 15.4 Å². The fraction of sp³-hybridized carbons (Fsp3) is 0.200. The van der Waals surface area contributed by atoms with Gasteiger partial charge in [-0.25, -0.2) is 0 Å². The number of pyridine rings is 1. The molecule has 25 heavy (non-hydrogen) atoms. The Morgan fingerprint density at radius 1 is 1.28 bits per heavy atom. The molecule has 0 unspecified atom stereocenters. The SMILES string of the molecule is Cc1c(NC(=O)Cn2cc(C(F)(F)F)ccc2=O)cccc1[N+](=O)[O-]. The summed E-state index contributed by atoms with van der Waals surface area (Å²) in [4.78, 5) is 33.9. The second-order valence-electron chi connectivity index (χ2n) is 5.14. The van der Waals surface area contributed by atoms with Crippen molar-refractivity contribution in [3.8, 4) is 0 Å². The number of hydrogen-bond donors (Lipinski definition) is 1. The Morgan fingerprint density at radius 2 is 1.96 bits per heavy atom. The molecule has 0 aliphatic rings. The van der Waals surface area contributed by atoms with E-state index in [1.807, 2.05) is 0 Å². The summed E-state index contributed by atoms with van der Waals surface area (Å²) >= 11 is 0. The number of benzene rings is 1. The molecule has 2 aromatic rings. The third kappa shape index (κ3) is 4.22. The van der Waals surface area contributed by atoms with E-state index in [9.17, 15) is 32.9 Å². The van der Waals surface area contributed by atoms with Gasteiger partial charge in [0.15, 0.2) is 0 Å². The number of rotatable bonds is 4. The third-order valence-electron chi connectivity index (χ3n) is 3.40. The molecule has 0 radical (unpaired) electrons. The second kappa shape index (κ2) is 6.75. The molecule has 1 heterocycles. The zero-order chi connectivity index (χ0) is 18.8. The predicted octanol–water partition coefficient (Wildman–Crippen LogP) is 2.72. The van der Waals surface area contributed by atoms with Gasteiger partial charge in [0.25, 0.3) is 11.2 Å². The Balaban J connectivity index is 2.23. The van der Waals surface area contributed by atoms with Crippen molar-refractivity contribution in [3.05, 3.63) is 68.1 Å². The maximum absolute atomic E-state index is 12.7. The average molecular weight is 355 g/mol. The van der Waals surface area contributed by atoms with E-state index in [-0.39, 0.29) is 16.9 Å². The van der Waals surface area contributed by atoms with E-state index in [1.54, 1.807) is 0 Å². The lowest BCUT2D eigenvalue weighted by Crippen LogP contribution is -2.28. The van der Waals surface area contributed by atoms with E-state index in [2.05, 4.69) is 5.32 Å². The maximum Gasteiger partial charge on any atom is 0.417 e. The first kappa shape index (κ1) is 18.2. The van der Waals surface area contributed by atoms with Crippen LogP contribution in [0.2, 0.25) is 0 Å². The molecule has 0 aliphatic carbocycles. The fourth-order valence-electron chi connectivity index (χ4n) is 2.12. The molecule has 0 saturated heterocycles. The Labute approximate surface area is 138 Å². The molecule has 1 amide bonds. The molecule has 2 rings (SSSR count). The minimum atomic E-state index is -4.65. The molecule has 1 aromatic heterocycles. The molecule has 1 N–H and O–H groups in total. The Kier molecular flexibility index (Phi) is 4.91. The highest BCUT2D eigenvalue weighted by molar-refractivity contribution is 5.91. The minimum absolute atomic E-state index is 0.138. The number of amides is 1. The Morgan fingerprint density at radius 3 is 2.56 bits per heavy atom. The van der Waals surface area contributed by atoms with E-state index in [0.717, 1.165) is 0 Å². The highest BCUT2D eigenvalue weighted by Crippen LogP contribution is 2.28. The smallest absolute Gasteiger partial charge is 0.324 e. The molecule has 0 bridgehead atoms. The number of anilines is 1. The van der Waals surface area contributed by atoms with Crippen LogP contribution in [0.3, 0.4) is 0 Å². The number of nitro benzene ring substituents is 1. The van der Waals surface area contributed by atoms with Crippen LogP contribution in [0, 0.1) is 17.0 Å². The summed E-state index contributed by atoms with van der Waals surface area (Å²) in [6, 6.07) is 5.37. The van der Waals surface area contributed by atoms with Gasteiger partial charge in [0.1, 0.15) is 6.54 Å². The lowest BCUT2D eigenvalue weighted by Gasteiger charge is -2.12. The molecule has 7 nitrogen and oxygen atoms in total. The van der Waals surface area contributed by atoms with Gasteiger partial charge in [-0.15, -0.1) is 0 Å². The Hall–Kier alpha value is -3.17. The number of halogens is 3. The van der Waals surface area contributed by atoms with Crippen molar-refractivity contribution in [1.29, 1.82) is 0 Å². The summed E-state index contributed by atoms with van der Waals surface area (Å²) in [5.74, 6) is -0.787. The molecule has 0 spiro atoms. The number of nitro groups is 1. The van der Waals surface area contributed by atoms with Gasteiger partial charge < -0.3 is 9.88 Å². The number of alkyl halides is 3. The number of carbonyl (C=O) groups excluding carboxylic acids is 1. The van der Waals surface area contributed by atoms with Gasteiger partial charge in [-0.3, -0.25) is 19.7 Å². The number of carbonyl (C=O) groups is 1. The molecule has 0 aliphatic heterocycles. The topological polar surface area (TPSA) is 94.2 Å². The lowest BCUT2D eigenvalue weighted by molar-refractivity contribution is -0.385. The van der Waals surface area contributed by atoms with Crippen molar-refractivity contribution >= 4 is 17.3 Å². The van der Waals surface area contributed by atoms with Gasteiger partial charge in [-0.1, -0.05) is 6.07 Å². The van der Waals surface area contributed by atoms with Crippen molar-refractivity contribution in [1.82, 2.24) is 4.57 Å². The van der Waals surface area contributed by atoms with Crippen LogP contribution in [0.4, 0.5) is 24.5 Å². The van der Waals surface area contributed by atoms with Crippen LogP contribution < -0.4 is 10.9 Å². The van der Waals surface area contributed by atoms with Crippen molar-refractivity contribution in [2.45, 2.75) is 19.6 Å². The van der Waals surface area contributed by atoms with Crippen molar-refractivity contribution in [2.24, 2.45) is 0 Å². The summed E-state index contributed by atoms with van der Waals surface area (Å²) < 4.78 is 38.6.